The molecule has 0 fully saturated rings. The van der Waals surface area contributed by atoms with Gasteiger partial charge in [-0.2, -0.15) is 5.26 Å². The predicted octanol–water partition coefficient (Wildman–Crippen LogP) is 9.02. The largest absolute Gasteiger partial charge is 0.507 e. The lowest BCUT2D eigenvalue weighted by Crippen LogP contribution is -1.98. The molecule has 0 saturated heterocycles. The number of nitrogens with zero attached hydrogens (tertiary/aromatic N) is 4. The standard InChI is InChI=1S/C27H29BrN4O4/c1-2-3-4-5-6-7-8-9-15-36-25-12-10-11-21-24(33)14-13-23(26(21)25)30-31-27-19(18-29)16-20(32(34)35)17-22(27)28/h10-14,16-17,33H,2-9,15H2,1H3. The maximum absolute atomic E-state index is 11.1. The molecule has 8 nitrogen and oxygen atoms in total. The second-order valence-corrected chi connectivity index (χ2v) is 9.35. The number of rotatable bonds is 13. The minimum Gasteiger partial charge on any atom is -0.507 e. The molecule has 36 heavy (non-hydrogen) atoms. The Kier molecular flexibility index (Phi) is 10.2. The Morgan fingerprint density at radius 1 is 1.06 bits per heavy atom. The lowest BCUT2D eigenvalue weighted by molar-refractivity contribution is -0.384. The van der Waals surface area contributed by atoms with Gasteiger partial charge in [0, 0.05) is 17.5 Å². The van der Waals surface area contributed by atoms with Crippen LogP contribution in [-0.4, -0.2) is 16.6 Å². The van der Waals surface area contributed by atoms with E-state index in [-0.39, 0.29) is 27.2 Å². The number of hydrogen-bond acceptors (Lipinski definition) is 7. The van der Waals surface area contributed by atoms with Crippen LogP contribution in [0.25, 0.3) is 10.8 Å². The van der Waals surface area contributed by atoms with Crippen molar-refractivity contribution in [3.05, 3.63) is 62.6 Å². The van der Waals surface area contributed by atoms with E-state index in [2.05, 4.69) is 33.1 Å². The van der Waals surface area contributed by atoms with Crippen LogP contribution in [0, 0.1) is 21.4 Å². The number of hydrogen-bond donors (Lipinski definition) is 1. The Balaban J connectivity index is 1.79. The van der Waals surface area contributed by atoms with Crippen LogP contribution in [0.2, 0.25) is 0 Å². The summed E-state index contributed by atoms with van der Waals surface area (Å²) in [7, 11) is 0. The molecule has 1 N–H and O–H groups in total. The molecule has 0 radical (unpaired) electrons. The van der Waals surface area contributed by atoms with Gasteiger partial charge in [0.25, 0.3) is 5.69 Å². The van der Waals surface area contributed by atoms with Crippen molar-refractivity contribution < 1.29 is 14.8 Å². The van der Waals surface area contributed by atoms with Crippen molar-refractivity contribution >= 4 is 43.8 Å². The summed E-state index contributed by atoms with van der Waals surface area (Å²) in [6, 6.07) is 12.9. The van der Waals surface area contributed by atoms with Crippen LogP contribution in [0.4, 0.5) is 17.1 Å². The summed E-state index contributed by atoms with van der Waals surface area (Å²) in [5.74, 6) is 0.680. The number of phenols is 1. The molecule has 3 rings (SSSR count). The molecule has 3 aromatic rings. The lowest BCUT2D eigenvalue weighted by Gasteiger charge is -2.12. The van der Waals surface area contributed by atoms with Gasteiger partial charge < -0.3 is 9.84 Å². The SMILES string of the molecule is CCCCCCCCCCOc1cccc2c(O)ccc(N=Nc3c(Br)cc([N+](=O)[O-])cc3C#N)c12. The molecule has 0 spiro atoms. The Morgan fingerprint density at radius 3 is 2.47 bits per heavy atom. The number of phenolic OH excluding ortho intramolecular Hbond substituents is 1. The topological polar surface area (TPSA) is 121 Å². The van der Waals surface area contributed by atoms with Crippen LogP contribution >= 0.6 is 15.9 Å². The van der Waals surface area contributed by atoms with Crippen molar-refractivity contribution in [2.24, 2.45) is 10.2 Å². The number of unbranched alkanes of at least 4 members (excludes halogenated alkanes) is 7. The van der Waals surface area contributed by atoms with Crippen molar-refractivity contribution in [1.82, 2.24) is 0 Å². The van der Waals surface area contributed by atoms with Crippen LogP contribution in [0.3, 0.4) is 0 Å². The minimum atomic E-state index is -0.573. The van der Waals surface area contributed by atoms with Crippen molar-refractivity contribution in [3.8, 4) is 17.6 Å². The summed E-state index contributed by atoms with van der Waals surface area (Å²) >= 11 is 3.25. The highest BCUT2D eigenvalue weighted by molar-refractivity contribution is 9.10. The van der Waals surface area contributed by atoms with Gasteiger partial charge in [-0.1, -0.05) is 64.0 Å². The molecule has 0 aliphatic rings. The van der Waals surface area contributed by atoms with E-state index in [9.17, 15) is 20.5 Å². The molecule has 188 valence electrons. The molecular weight excluding hydrogens is 524 g/mol. The lowest BCUT2D eigenvalue weighted by atomic mass is 10.1. The Labute approximate surface area is 218 Å². The molecule has 0 aliphatic carbocycles. The molecule has 0 unspecified atom stereocenters. The summed E-state index contributed by atoms with van der Waals surface area (Å²) < 4.78 is 6.36. The highest BCUT2D eigenvalue weighted by Gasteiger charge is 2.16. The van der Waals surface area contributed by atoms with Crippen LogP contribution < -0.4 is 4.74 Å². The van der Waals surface area contributed by atoms with Gasteiger partial charge in [0.15, 0.2) is 0 Å². The number of non-ortho nitro benzene ring substituents is 1. The van der Waals surface area contributed by atoms with Gasteiger partial charge in [0.1, 0.15) is 23.3 Å². The highest BCUT2D eigenvalue weighted by Crippen LogP contribution is 2.41. The summed E-state index contributed by atoms with van der Waals surface area (Å²) in [5.41, 5.74) is 0.434. The summed E-state index contributed by atoms with van der Waals surface area (Å²) in [5, 5.41) is 40.7. The molecule has 0 bridgehead atoms. The number of ether oxygens (including phenoxy) is 1. The van der Waals surface area contributed by atoms with Crippen molar-refractivity contribution in [3.63, 3.8) is 0 Å². The Morgan fingerprint density at radius 2 is 1.78 bits per heavy atom. The van der Waals surface area contributed by atoms with Gasteiger partial charge >= 0.3 is 0 Å². The molecular formula is C27H29BrN4O4. The number of aromatic hydroxyl groups is 1. The maximum Gasteiger partial charge on any atom is 0.272 e. The average molecular weight is 553 g/mol. The zero-order valence-corrected chi connectivity index (χ0v) is 21.8. The third-order valence-corrected chi connectivity index (χ3v) is 6.45. The first-order chi connectivity index (χ1) is 17.5. The predicted molar refractivity (Wildman–Crippen MR) is 143 cm³/mol. The second kappa shape index (κ2) is 13.5. The van der Waals surface area contributed by atoms with Crippen molar-refractivity contribution in [2.45, 2.75) is 58.3 Å². The van der Waals surface area contributed by atoms with E-state index in [1.54, 1.807) is 12.1 Å². The highest BCUT2D eigenvalue weighted by atomic mass is 79.9. The van der Waals surface area contributed by atoms with E-state index >= 15 is 0 Å². The molecule has 0 aliphatic heterocycles. The molecule has 9 heteroatoms. The van der Waals surface area contributed by atoms with E-state index in [1.165, 1.54) is 50.7 Å². The maximum atomic E-state index is 11.1. The fourth-order valence-electron chi connectivity index (χ4n) is 3.94. The Hall–Kier alpha value is -3.51. The summed E-state index contributed by atoms with van der Waals surface area (Å²) in [6.07, 6.45) is 9.60. The zero-order valence-electron chi connectivity index (χ0n) is 20.2. The fraction of sp³-hybridized carbons (Fsp3) is 0.370. The monoisotopic (exact) mass is 552 g/mol. The van der Waals surface area contributed by atoms with Gasteiger partial charge in [-0.05, 0) is 40.5 Å². The molecule has 0 saturated carbocycles. The third-order valence-electron chi connectivity index (χ3n) is 5.85. The summed E-state index contributed by atoms with van der Waals surface area (Å²) in [6.45, 7) is 2.77. The normalized spacial score (nSPS) is 11.1. The molecule has 3 aromatic carbocycles. The van der Waals surface area contributed by atoms with Crippen LogP contribution in [0.5, 0.6) is 11.5 Å². The second-order valence-electron chi connectivity index (χ2n) is 8.50. The van der Waals surface area contributed by atoms with Crippen molar-refractivity contribution in [1.29, 1.82) is 5.26 Å². The number of nitro groups is 1. The molecule has 0 heterocycles. The first kappa shape index (κ1) is 27.1. The number of fused-ring (bicyclic) bond motifs is 1. The molecule has 0 amide bonds. The minimum absolute atomic E-state index is 0.0223. The van der Waals surface area contributed by atoms with E-state index < -0.39 is 4.92 Å². The first-order valence-electron chi connectivity index (χ1n) is 12.1. The molecule has 0 aromatic heterocycles. The molecule has 0 atom stereocenters. The average Bonchev–Trinajstić information content (AvgIpc) is 2.87. The van der Waals surface area contributed by atoms with Crippen LogP contribution in [0.15, 0.2) is 57.2 Å². The van der Waals surface area contributed by atoms with Gasteiger partial charge in [-0.25, -0.2) is 0 Å². The number of azo groups is 1. The van der Waals surface area contributed by atoms with E-state index in [0.717, 1.165) is 18.9 Å². The quantitative estimate of drug-likeness (QED) is 0.0980. The fourth-order valence-corrected chi connectivity index (χ4v) is 4.47. The van der Waals surface area contributed by atoms with Gasteiger partial charge in [-0.3, -0.25) is 10.1 Å². The number of halogens is 1. The zero-order chi connectivity index (χ0) is 25.9. The number of nitro benzene ring substituents is 1. The van der Waals surface area contributed by atoms with Crippen LogP contribution in [0.1, 0.15) is 63.9 Å². The third kappa shape index (κ3) is 7.01. The Bertz CT molecular complexity index is 1290. The van der Waals surface area contributed by atoms with E-state index in [1.807, 2.05) is 18.2 Å². The van der Waals surface area contributed by atoms with E-state index in [0.29, 0.717) is 28.8 Å². The van der Waals surface area contributed by atoms with Gasteiger partial charge in [0.2, 0.25) is 0 Å². The summed E-state index contributed by atoms with van der Waals surface area (Å²) in [4.78, 5) is 10.5. The van der Waals surface area contributed by atoms with E-state index in [4.69, 9.17) is 4.74 Å². The van der Waals surface area contributed by atoms with Gasteiger partial charge in [-0.15, -0.1) is 10.2 Å². The first-order valence-corrected chi connectivity index (χ1v) is 12.9. The number of benzene rings is 3. The van der Waals surface area contributed by atoms with Crippen LogP contribution in [-0.2, 0) is 0 Å². The number of nitriles is 1. The smallest absolute Gasteiger partial charge is 0.272 e. The van der Waals surface area contributed by atoms with Gasteiger partial charge in [0.05, 0.1) is 32.6 Å². The van der Waals surface area contributed by atoms with Crippen molar-refractivity contribution in [2.75, 3.05) is 6.61 Å².